The van der Waals surface area contributed by atoms with Crippen molar-refractivity contribution in [2.24, 2.45) is 0 Å². The zero-order valence-corrected chi connectivity index (χ0v) is 17.8. The largest absolute Gasteiger partial charge is 0.495 e. The molecule has 154 valence electrons. The summed E-state index contributed by atoms with van der Waals surface area (Å²) in [4.78, 5) is 20.0. The molecule has 1 saturated carbocycles. The Kier molecular flexibility index (Phi) is 4.67. The number of benzene rings is 1. The number of hydrogen-bond donors (Lipinski definition) is 2. The number of rotatable bonds is 6. The van der Waals surface area contributed by atoms with Crippen molar-refractivity contribution in [3.05, 3.63) is 51.2 Å². The Morgan fingerprint density at radius 3 is 2.97 bits per heavy atom. The molecule has 1 aliphatic rings. The lowest BCUT2D eigenvalue weighted by molar-refractivity contribution is 0.415. The van der Waals surface area contributed by atoms with E-state index < -0.39 is 0 Å². The number of nitrogens with one attached hydrogen (secondary N) is 2. The average Bonchev–Trinajstić information content (AvgIpc) is 3.27. The molecule has 0 radical (unpaired) electrons. The molecule has 0 spiro atoms. The minimum atomic E-state index is -0.269. The van der Waals surface area contributed by atoms with Crippen molar-refractivity contribution in [3.63, 3.8) is 0 Å². The van der Waals surface area contributed by atoms with Crippen LogP contribution in [-0.2, 0) is 0 Å². The van der Waals surface area contributed by atoms with Gasteiger partial charge in [0.25, 0.3) is 5.56 Å². The van der Waals surface area contributed by atoms with Gasteiger partial charge in [-0.15, -0.1) is 5.10 Å². The van der Waals surface area contributed by atoms with Gasteiger partial charge in [-0.3, -0.25) is 4.79 Å². The Morgan fingerprint density at radius 1 is 1.37 bits per heavy atom. The first kappa shape index (κ1) is 19.0. The highest BCUT2D eigenvalue weighted by molar-refractivity contribution is 7.17. The van der Waals surface area contributed by atoms with Crippen molar-refractivity contribution in [1.29, 1.82) is 0 Å². The molecule has 3 aromatic heterocycles. The maximum atomic E-state index is 12.7. The number of tetrazole rings is 1. The molecule has 0 bridgehead atoms. The summed E-state index contributed by atoms with van der Waals surface area (Å²) < 4.78 is 6.96. The number of hydrogen-bond acceptors (Lipinski definition) is 8. The van der Waals surface area contributed by atoms with E-state index >= 15 is 0 Å². The average molecular weight is 444 g/mol. The van der Waals surface area contributed by atoms with Gasteiger partial charge in [0, 0.05) is 22.9 Å². The van der Waals surface area contributed by atoms with Crippen LogP contribution < -0.4 is 15.6 Å². The summed E-state index contributed by atoms with van der Waals surface area (Å²) in [6.45, 7) is 1.91. The highest BCUT2D eigenvalue weighted by Crippen LogP contribution is 2.40. The van der Waals surface area contributed by atoms with Gasteiger partial charge in [0.15, 0.2) is 11.0 Å². The quantitative estimate of drug-likeness (QED) is 0.467. The van der Waals surface area contributed by atoms with Crippen LogP contribution in [0.3, 0.4) is 0 Å². The molecule has 1 atom stereocenters. The predicted molar refractivity (Wildman–Crippen MR) is 115 cm³/mol. The third-order valence-electron chi connectivity index (χ3n) is 5.09. The Labute approximate surface area is 180 Å². The molecule has 1 fully saturated rings. The number of aromatic amines is 1. The standard InChI is InChI=1S/C19H18ClN7O2S/c1-9(12-5-11-6-13(20)15(29-2)7-14(11)23-18(12)28)22-19-21-8-16(30-19)27-17(10-3-4-10)24-25-26-27/h5-10H,3-4H2,1-2H3,(H,21,22)(H,23,28)/t9-/m0/s1. The second-order valence-corrected chi connectivity index (χ2v) is 8.64. The molecule has 9 nitrogen and oxygen atoms in total. The first-order chi connectivity index (χ1) is 14.5. The fraction of sp³-hybridized carbons (Fsp3) is 0.316. The van der Waals surface area contributed by atoms with E-state index in [-0.39, 0.29) is 11.6 Å². The number of anilines is 1. The van der Waals surface area contributed by atoms with E-state index in [1.807, 2.05) is 13.0 Å². The second-order valence-electron chi connectivity index (χ2n) is 7.22. The molecule has 30 heavy (non-hydrogen) atoms. The molecular formula is C19H18ClN7O2S. The van der Waals surface area contributed by atoms with E-state index in [1.54, 1.807) is 23.0 Å². The smallest absolute Gasteiger partial charge is 0.253 e. The van der Waals surface area contributed by atoms with Gasteiger partial charge in [-0.1, -0.05) is 22.9 Å². The van der Waals surface area contributed by atoms with Gasteiger partial charge in [0.2, 0.25) is 0 Å². The summed E-state index contributed by atoms with van der Waals surface area (Å²) in [5, 5.41) is 18.1. The number of ether oxygens (including phenoxy) is 1. The van der Waals surface area contributed by atoms with Crippen molar-refractivity contribution >= 4 is 39.0 Å². The molecule has 11 heteroatoms. The number of pyridine rings is 1. The SMILES string of the molecule is COc1cc2[nH]c(=O)c([C@H](C)Nc3ncc(-n4nnnc4C4CC4)s3)cc2cc1Cl. The van der Waals surface area contributed by atoms with Gasteiger partial charge in [-0.05, 0) is 42.3 Å². The van der Waals surface area contributed by atoms with Crippen LogP contribution in [0.2, 0.25) is 5.02 Å². The third-order valence-corrected chi connectivity index (χ3v) is 6.29. The van der Waals surface area contributed by atoms with E-state index in [0.29, 0.717) is 32.9 Å². The van der Waals surface area contributed by atoms with E-state index in [1.165, 1.54) is 18.4 Å². The molecule has 4 aromatic rings. The summed E-state index contributed by atoms with van der Waals surface area (Å²) in [7, 11) is 1.54. The Hall–Kier alpha value is -2.98. The van der Waals surface area contributed by atoms with Crippen molar-refractivity contribution in [2.45, 2.75) is 31.7 Å². The first-order valence-corrected chi connectivity index (χ1v) is 10.6. The van der Waals surface area contributed by atoms with Crippen LogP contribution in [0.4, 0.5) is 5.13 Å². The Balaban J connectivity index is 1.41. The number of halogens is 1. The zero-order valence-electron chi connectivity index (χ0n) is 16.2. The summed E-state index contributed by atoms with van der Waals surface area (Å²) in [6, 6.07) is 5.06. The molecule has 0 unspecified atom stereocenters. The maximum absolute atomic E-state index is 12.7. The van der Waals surface area contributed by atoms with Gasteiger partial charge in [-0.25, -0.2) is 4.98 Å². The lowest BCUT2D eigenvalue weighted by atomic mass is 10.1. The number of thiazole rings is 1. The number of fused-ring (bicyclic) bond motifs is 1. The number of aromatic nitrogens is 6. The fourth-order valence-electron chi connectivity index (χ4n) is 3.34. The van der Waals surface area contributed by atoms with Crippen LogP contribution in [0.5, 0.6) is 5.75 Å². The topological polar surface area (TPSA) is 111 Å². The predicted octanol–water partition coefficient (Wildman–Crippen LogP) is 3.67. The normalized spacial score (nSPS) is 14.8. The van der Waals surface area contributed by atoms with Crippen LogP contribution >= 0.6 is 22.9 Å². The third kappa shape index (κ3) is 3.41. The molecule has 2 N–H and O–H groups in total. The summed E-state index contributed by atoms with van der Waals surface area (Å²) in [5.74, 6) is 1.82. The van der Waals surface area contributed by atoms with Crippen LogP contribution in [0, 0.1) is 0 Å². The van der Waals surface area contributed by atoms with E-state index in [0.717, 1.165) is 29.1 Å². The Morgan fingerprint density at radius 2 is 2.20 bits per heavy atom. The molecular weight excluding hydrogens is 426 g/mol. The summed E-state index contributed by atoms with van der Waals surface area (Å²) >= 11 is 7.67. The highest BCUT2D eigenvalue weighted by Gasteiger charge is 2.30. The zero-order chi connectivity index (χ0) is 20.8. The first-order valence-electron chi connectivity index (χ1n) is 9.45. The molecule has 1 aliphatic carbocycles. The van der Waals surface area contributed by atoms with E-state index in [4.69, 9.17) is 16.3 Å². The minimum Gasteiger partial charge on any atom is -0.495 e. The monoisotopic (exact) mass is 443 g/mol. The second kappa shape index (κ2) is 7.37. The molecule has 1 aromatic carbocycles. The number of H-pyrrole nitrogens is 1. The fourth-order valence-corrected chi connectivity index (χ4v) is 4.45. The summed E-state index contributed by atoms with van der Waals surface area (Å²) in [6.07, 6.45) is 3.96. The number of methoxy groups -OCH3 is 1. The summed E-state index contributed by atoms with van der Waals surface area (Å²) in [5.41, 5.74) is 1.07. The van der Waals surface area contributed by atoms with Crippen molar-refractivity contribution in [2.75, 3.05) is 12.4 Å². The van der Waals surface area contributed by atoms with Crippen molar-refractivity contribution in [1.82, 2.24) is 30.2 Å². The van der Waals surface area contributed by atoms with Crippen LogP contribution in [0.1, 0.15) is 43.1 Å². The minimum absolute atomic E-state index is 0.180. The Bertz CT molecular complexity index is 1290. The van der Waals surface area contributed by atoms with Gasteiger partial charge >= 0.3 is 0 Å². The van der Waals surface area contributed by atoms with Crippen molar-refractivity contribution in [3.8, 4) is 10.8 Å². The number of nitrogens with zero attached hydrogens (tertiary/aromatic N) is 5. The maximum Gasteiger partial charge on any atom is 0.253 e. The molecule has 5 rings (SSSR count). The van der Waals surface area contributed by atoms with Crippen LogP contribution in [0.15, 0.2) is 29.2 Å². The van der Waals surface area contributed by atoms with Gasteiger partial charge in [0.1, 0.15) is 10.8 Å². The van der Waals surface area contributed by atoms with Gasteiger partial charge in [0.05, 0.1) is 29.9 Å². The van der Waals surface area contributed by atoms with E-state index in [2.05, 4.69) is 30.8 Å². The lowest BCUT2D eigenvalue weighted by Gasteiger charge is -2.14. The highest BCUT2D eigenvalue weighted by atomic mass is 35.5. The van der Waals surface area contributed by atoms with Gasteiger partial charge < -0.3 is 15.0 Å². The molecule has 3 heterocycles. The van der Waals surface area contributed by atoms with Crippen molar-refractivity contribution < 1.29 is 4.74 Å². The molecule has 0 saturated heterocycles. The molecule has 0 aliphatic heterocycles. The lowest BCUT2D eigenvalue weighted by Crippen LogP contribution is -2.19. The van der Waals surface area contributed by atoms with Crippen LogP contribution in [-0.4, -0.2) is 37.3 Å². The van der Waals surface area contributed by atoms with E-state index in [9.17, 15) is 4.79 Å². The van der Waals surface area contributed by atoms with Crippen LogP contribution in [0.25, 0.3) is 15.9 Å². The molecule has 0 amide bonds. The van der Waals surface area contributed by atoms with Gasteiger partial charge in [-0.2, -0.15) is 4.68 Å².